The Morgan fingerprint density at radius 2 is 2.00 bits per heavy atom. The van der Waals surface area contributed by atoms with Crippen molar-refractivity contribution < 1.29 is 9.53 Å². The number of ether oxygens (including phenoxy) is 1. The van der Waals surface area contributed by atoms with Gasteiger partial charge in [0.1, 0.15) is 0 Å². The Bertz CT molecular complexity index is 529. The van der Waals surface area contributed by atoms with Crippen LogP contribution in [0.1, 0.15) is 19.4 Å². The van der Waals surface area contributed by atoms with Crippen LogP contribution in [0.5, 0.6) is 0 Å². The lowest BCUT2D eigenvalue weighted by Crippen LogP contribution is -2.32. The van der Waals surface area contributed by atoms with Crippen molar-refractivity contribution in [3.8, 4) is 0 Å². The van der Waals surface area contributed by atoms with E-state index in [1.54, 1.807) is 11.8 Å². The maximum atomic E-state index is 12.1. The molecule has 0 saturated carbocycles. The van der Waals surface area contributed by atoms with Gasteiger partial charge in [0.25, 0.3) is 0 Å². The fourth-order valence-corrected chi connectivity index (χ4v) is 3.63. The van der Waals surface area contributed by atoms with Gasteiger partial charge in [0.2, 0.25) is 0 Å². The molecule has 1 aromatic carbocycles. The quantitative estimate of drug-likeness (QED) is 0.777. The Balaban J connectivity index is 2.14. The molecule has 2 nitrogen and oxygen atoms in total. The molecular formula is C17H20O2S. The van der Waals surface area contributed by atoms with Crippen molar-refractivity contribution in [3.05, 3.63) is 59.0 Å². The first-order chi connectivity index (χ1) is 9.54. The summed E-state index contributed by atoms with van der Waals surface area (Å²) in [6, 6.07) is 10.3. The third-order valence-electron chi connectivity index (χ3n) is 3.50. The minimum Gasteiger partial charge on any atom is -0.469 e. The number of benzene rings is 1. The maximum absolute atomic E-state index is 12.1. The van der Waals surface area contributed by atoms with Crippen LogP contribution < -0.4 is 0 Å². The fourth-order valence-electron chi connectivity index (χ4n) is 2.36. The van der Waals surface area contributed by atoms with Gasteiger partial charge >= 0.3 is 5.97 Å². The number of methoxy groups -OCH3 is 1. The predicted molar refractivity (Wildman–Crippen MR) is 84.2 cm³/mol. The van der Waals surface area contributed by atoms with E-state index < -0.39 is 0 Å². The van der Waals surface area contributed by atoms with Gasteiger partial charge in [-0.1, -0.05) is 62.4 Å². The average Bonchev–Trinajstić information content (AvgIpc) is 2.44. The molecule has 0 fully saturated rings. The minimum absolute atomic E-state index is 0.161. The summed E-state index contributed by atoms with van der Waals surface area (Å²) in [5.74, 6) is 0.488. The molecule has 3 heteroatoms. The largest absolute Gasteiger partial charge is 0.469 e. The zero-order chi connectivity index (χ0) is 14.6. The van der Waals surface area contributed by atoms with Crippen LogP contribution >= 0.6 is 11.8 Å². The van der Waals surface area contributed by atoms with Gasteiger partial charge in [0.15, 0.2) is 0 Å². The summed E-state index contributed by atoms with van der Waals surface area (Å²) in [5, 5.41) is 0. The van der Waals surface area contributed by atoms with E-state index in [-0.39, 0.29) is 17.3 Å². The second-order valence-electron chi connectivity index (χ2n) is 5.48. The summed E-state index contributed by atoms with van der Waals surface area (Å²) < 4.78 is 4.98. The van der Waals surface area contributed by atoms with Crippen LogP contribution in [-0.4, -0.2) is 13.1 Å². The molecule has 0 aromatic heterocycles. The molecule has 0 bridgehead atoms. The zero-order valence-electron chi connectivity index (χ0n) is 12.1. The SMILES string of the molecule is COC(=O)C1C(SCc2ccccc2)=CC=CC1(C)C. The minimum atomic E-state index is -0.216. The van der Waals surface area contributed by atoms with Crippen molar-refractivity contribution >= 4 is 17.7 Å². The molecule has 1 atom stereocenters. The molecule has 0 amide bonds. The van der Waals surface area contributed by atoms with Crippen LogP contribution in [0.2, 0.25) is 0 Å². The van der Waals surface area contributed by atoms with Crippen molar-refractivity contribution in [2.45, 2.75) is 19.6 Å². The molecule has 2 rings (SSSR count). The fraction of sp³-hybridized carbons (Fsp3) is 0.353. The van der Waals surface area contributed by atoms with E-state index in [2.05, 4.69) is 32.1 Å². The van der Waals surface area contributed by atoms with Gasteiger partial charge in [-0.2, -0.15) is 0 Å². The number of thioether (sulfide) groups is 1. The monoisotopic (exact) mass is 288 g/mol. The first-order valence-electron chi connectivity index (χ1n) is 6.68. The van der Waals surface area contributed by atoms with Crippen molar-refractivity contribution in [1.29, 1.82) is 0 Å². The smallest absolute Gasteiger partial charge is 0.314 e. The van der Waals surface area contributed by atoms with Crippen molar-refractivity contribution in [2.24, 2.45) is 11.3 Å². The van der Waals surface area contributed by atoms with Gasteiger partial charge in [0.05, 0.1) is 13.0 Å². The summed E-state index contributed by atoms with van der Waals surface area (Å²) in [6.07, 6.45) is 6.13. The van der Waals surface area contributed by atoms with E-state index in [1.165, 1.54) is 12.7 Å². The normalized spacial score (nSPS) is 20.4. The molecule has 1 aromatic rings. The van der Waals surface area contributed by atoms with E-state index in [1.807, 2.05) is 30.4 Å². The molecule has 1 aliphatic carbocycles. The van der Waals surface area contributed by atoms with E-state index in [0.717, 1.165) is 10.7 Å². The zero-order valence-corrected chi connectivity index (χ0v) is 12.9. The highest BCUT2D eigenvalue weighted by Crippen LogP contribution is 2.43. The number of hydrogen-bond acceptors (Lipinski definition) is 3. The lowest BCUT2D eigenvalue weighted by molar-refractivity contribution is -0.146. The number of carbonyl (C=O) groups is 1. The Morgan fingerprint density at radius 1 is 1.30 bits per heavy atom. The third-order valence-corrected chi connectivity index (χ3v) is 4.68. The summed E-state index contributed by atoms with van der Waals surface area (Å²) in [6.45, 7) is 4.14. The second kappa shape index (κ2) is 6.31. The topological polar surface area (TPSA) is 26.3 Å². The van der Waals surface area contributed by atoms with Gasteiger partial charge in [-0.05, 0) is 5.56 Å². The number of carbonyl (C=O) groups excluding carboxylic acids is 1. The Kier molecular flexibility index (Phi) is 4.71. The number of hydrogen-bond donors (Lipinski definition) is 0. The van der Waals surface area contributed by atoms with Gasteiger partial charge in [-0.3, -0.25) is 4.79 Å². The maximum Gasteiger partial charge on any atom is 0.314 e. The van der Waals surface area contributed by atoms with E-state index in [9.17, 15) is 4.79 Å². The Morgan fingerprint density at radius 3 is 2.65 bits per heavy atom. The van der Waals surface area contributed by atoms with Crippen molar-refractivity contribution in [1.82, 2.24) is 0 Å². The molecule has 0 radical (unpaired) electrons. The lowest BCUT2D eigenvalue weighted by atomic mass is 9.76. The molecule has 0 heterocycles. The van der Waals surface area contributed by atoms with Crippen LogP contribution in [0.25, 0.3) is 0 Å². The molecule has 106 valence electrons. The first-order valence-corrected chi connectivity index (χ1v) is 7.67. The molecular weight excluding hydrogens is 268 g/mol. The number of rotatable bonds is 4. The van der Waals surface area contributed by atoms with E-state index >= 15 is 0 Å². The van der Waals surface area contributed by atoms with Crippen LogP contribution in [0.4, 0.5) is 0 Å². The Hall–Kier alpha value is -1.48. The van der Waals surface area contributed by atoms with Gasteiger partial charge in [-0.25, -0.2) is 0 Å². The lowest BCUT2D eigenvalue weighted by Gasteiger charge is -2.33. The molecule has 0 N–H and O–H groups in total. The number of esters is 1. The van der Waals surface area contributed by atoms with Gasteiger partial charge in [-0.15, -0.1) is 11.8 Å². The second-order valence-corrected chi connectivity index (χ2v) is 6.53. The molecule has 20 heavy (non-hydrogen) atoms. The first kappa shape index (κ1) is 14.9. The predicted octanol–water partition coefficient (Wildman–Crippen LogP) is 4.19. The third kappa shape index (κ3) is 3.34. The summed E-state index contributed by atoms with van der Waals surface area (Å²) in [4.78, 5) is 13.2. The van der Waals surface area contributed by atoms with E-state index in [0.29, 0.717) is 0 Å². The highest BCUT2D eigenvalue weighted by molar-refractivity contribution is 8.02. The van der Waals surface area contributed by atoms with Gasteiger partial charge in [0, 0.05) is 16.1 Å². The van der Waals surface area contributed by atoms with E-state index in [4.69, 9.17) is 4.74 Å². The van der Waals surface area contributed by atoms with Crippen LogP contribution in [0.3, 0.4) is 0 Å². The standard InChI is InChI=1S/C17H20O2S/c1-17(2)11-7-10-14(15(17)16(18)19-3)20-12-13-8-5-4-6-9-13/h4-11,15H,12H2,1-3H3. The highest BCUT2D eigenvalue weighted by atomic mass is 32.2. The van der Waals surface area contributed by atoms with Crippen molar-refractivity contribution in [3.63, 3.8) is 0 Å². The molecule has 1 unspecified atom stereocenters. The van der Waals surface area contributed by atoms with Crippen LogP contribution in [-0.2, 0) is 15.3 Å². The molecule has 0 spiro atoms. The average molecular weight is 288 g/mol. The summed E-state index contributed by atoms with van der Waals surface area (Å²) in [5.41, 5.74) is 1.05. The summed E-state index contributed by atoms with van der Waals surface area (Å²) in [7, 11) is 1.45. The molecule has 0 aliphatic heterocycles. The van der Waals surface area contributed by atoms with Gasteiger partial charge < -0.3 is 4.74 Å². The Labute approximate surface area is 124 Å². The van der Waals surface area contributed by atoms with Crippen molar-refractivity contribution in [2.75, 3.05) is 7.11 Å². The molecule has 0 saturated heterocycles. The van der Waals surface area contributed by atoms with Crippen LogP contribution in [0.15, 0.2) is 53.5 Å². The summed E-state index contributed by atoms with van der Waals surface area (Å²) >= 11 is 1.71. The highest BCUT2D eigenvalue weighted by Gasteiger charge is 2.38. The number of allylic oxidation sites excluding steroid dienone is 3. The molecule has 1 aliphatic rings. The van der Waals surface area contributed by atoms with Crippen LogP contribution in [0, 0.1) is 11.3 Å².